The molecule has 2 heterocycles. The first kappa shape index (κ1) is 14.0. The van der Waals surface area contributed by atoms with Gasteiger partial charge in [-0.2, -0.15) is 0 Å². The van der Waals surface area contributed by atoms with Crippen molar-refractivity contribution in [2.45, 2.75) is 12.8 Å². The van der Waals surface area contributed by atoms with E-state index in [1.54, 1.807) is 11.3 Å². The molecule has 0 saturated carbocycles. The molecule has 0 atom stereocenters. The van der Waals surface area contributed by atoms with Crippen molar-refractivity contribution < 1.29 is 4.79 Å². The molecular formula is C18H15N3OS. The Morgan fingerprint density at radius 2 is 2.04 bits per heavy atom. The molecule has 114 valence electrons. The normalized spacial score (nSPS) is 11.1. The third-order valence-electron chi connectivity index (χ3n) is 3.77. The molecule has 0 fully saturated rings. The van der Waals surface area contributed by atoms with Gasteiger partial charge in [0, 0.05) is 29.9 Å². The minimum atomic E-state index is 0.0120. The van der Waals surface area contributed by atoms with Crippen molar-refractivity contribution in [3.63, 3.8) is 0 Å². The summed E-state index contributed by atoms with van der Waals surface area (Å²) in [5, 5.41) is 5.02. The minimum absolute atomic E-state index is 0.0120. The maximum Gasteiger partial charge on any atom is 0.224 e. The summed E-state index contributed by atoms with van der Waals surface area (Å²) in [7, 11) is 0. The Balaban J connectivity index is 1.45. The third kappa shape index (κ3) is 2.83. The highest BCUT2D eigenvalue weighted by molar-refractivity contribution is 7.18. The molecule has 1 amide bonds. The molecule has 0 aliphatic heterocycles. The summed E-state index contributed by atoms with van der Waals surface area (Å²) in [6.45, 7) is 0. The standard InChI is InChI=1S/C18H15N3OS/c22-17(20-14-6-3-5-13-12(14)10-11-19-13)8-9-18-21-15-4-1-2-7-16(15)23-18/h1-7,10-11,19H,8-9H2,(H,20,22). The molecule has 0 aliphatic rings. The van der Waals surface area contributed by atoms with Gasteiger partial charge in [0.25, 0.3) is 0 Å². The summed E-state index contributed by atoms with van der Waals surface area (Å²) in [6.07, 6.45) is 2.97. The van der Waals surface area contributed by atoms with Gasteiger partial charge in [0.1, 0.15) is 0 Å². The van der Waals surface area contributed by atoms with E-state index in [-0.39, 0.29) is 5.91 Å². The summed E-state index contributed by atoms with van der Waals surface area (Å²) in [6, 6.07) is 15.9. The van der Waals surface area contributed by atoms with Crippen molar-refractivity contribution >= 4 is 44.1 Å². The summed E-state index contributed by atoms with van der Waals surface area (Å²) < 4.78 is 1.17. The maximum atomic E-state index is 12.2. The molecule has 0 spiro atoms. The quantitative estimate of drug-likeness (QED) is 0.587. The van der Waals surface area contributed by atoms with Crippen LogP contribution in [0.4, 0.5) is 5.69 Å². The third-order valence-corrected chi connectivity index (χ3v) is 4.87. The first-order valence-electron chi connectivity index (χ1n) is 7.50. The molecule has 0 bridgehead atoms. The lowest BCUT2D eigenvalue weighted by molar-refractivity contribution is -0.116. The minimum Gasteiger partial charge on any atom is -0.361 e. The number of hydrogen-bond acceptors (Lipinski definition) is 3. The molecule has 4 nitrogen and oxygen atoms in total. The number of amides is 1. The second-order valence-electron chi connectivity index (χ2n) is 5.37. The van der Waals surface area contributed by atoms with Crippen LogP contribution in [0.25, 0.3) is 21.1 Å². The fourth-order valence-corrected chi connectivity index (χ4v) is 3.62. The van der Waals surface area contributed by atoms with Crippen LogP contribution in [0.15, 0.2) is 54.7 Å². The summed E-state index contributed by atoms with van der Waals surface area (Å²) >= 11 is 1.65. The van der Waals surface area contributed by atoms with Crippen molar-refractivity contribution in [1.82, 2.24) is 9.97 Å². The molecule has 2 aromatic carbocycles. The molecule has 0 aliphatic carbocycles. The number of carbonyl (C=O) groups is 1. The topological polar surface area (TPSA) is 57.8 Å². The van der Waals surface area contributed by atoms with E-state index < -0.39 is 0 Å². The molecule has 4 rings (SSSR count). The van der Waals surface area contributed by atoms with E-state index in [4.69, 9.17) is 0 Å². The largest absolute Gasteiger partial charge is 0.361 e. The number of H-pyrrole nitrogens is 1. The van der Waals surface area contributed by atoms with Crippen molar-refractivity contribution in [3.8, 4) is 0 Å². The molecule has 0 radical (unpaired) electrons. The Morgan fingerprint density at radius 1 is 1.13 bits per heavy atom. The van der Waals surface area contributed by atoms with Crippen LogP contribution in [-0.4, -0.2) is 15.9 Å². The van der Waals surface area contributed by atoms with Gasteiger partial charge < -0.3 is 10.3 Å². The fraction of sp³-hybridized carbons (Fsp3) is 0.111. The number of thiazole rings is 1. The number of anilines is 1. The Labute approximate surface area is 137 Å². The first-order chi connectivity index (χ1) is 11.3. The zero-order valence-electron chi connectivity index (χ0n) is 12.4. The van der Waals surface area contributed by atoms with Crippen LogP contribution in [0, 0.1) is 0 Å². The zero-order chi connectivity index (χ0) is 15.6. The van der Waals surface area contributed by atoms with Crippen LogP contribution < -0.4 is 5.32 Å². The van der Waals surface area contributed by atoms with E-state index in [0.29, 0.717) is 12.8 Å². The van der Waals surface area contributed by atoms with Gasteiger partial charge in [-0.25, -0.2) is 4.98 Å². The molecule has 5 heteroatoms. The molecule has 2 aromatic heterocycles. The average Bonchev–Trinajstić information content (AvgIpc) is 3.19. The second kappa shape index (κ2) is 5.85. The highest BCUT2D eigenvalue weighted by Crippen LogP contribution is 2.24. The predicted octanol–water partition coefficient (Wildman–Crippen LogP) is 4.35. The summed E-state index contributed by atoms with van der Waals surface area (Å²) in [4.78, 5) is 19.9. The van der Waals surface area contributed by atoms with E-state index in [9.17, 15) is 4.79 Å². The van der Waals surface area contributed by atoms with Crippen LogP contribution >= 0.6 is 11.3 Å². The Bertz CT molecular complexity index is 953. The molecular weight excluding hydrogens is 306 g/mol. The van der Waals surface area contributed by atoms with Gasteiger partial charge in [-0.3, -0.25) is 4.79 Å². The number of nitrogens with zero attached hydrogens (tertiary/aromatic N) is 1. The number of fused-ring (bicyclic) bond motifs is 2. The van der Waals surface area contributed by atoms with Crippen LogP contribution in [0.3, 0.4) is 0 Å². The number of nitrogens with one attached hydrogen (secondary N) is 2. The molecule has 4 aromatic rings. The second-order valence-corrected chi connectivity index (χ2v) is 6.48. The molecule has 23 heavy (non-hydrogen) atoms. The molecule has 0 saturated heterocycles. The molecule has 0 unspecified atom stereocenters. The average molecular weight is 321 g/mol. The van der Waals surface area contributed by atoms with Gasteiger partial charge >= 0.3 is 0 Å². The Morgan fingerprint density at radius 3 is 2.96 bits per heavy atom. The van der Waals surface area contributed by atoms with Gasteiger partial charge in [0.15, 0.2) is 0 Å². The van der Waals surface area contributed by atoms with Crippen molar-refractivity contribution in [1.29, 1.82) is 0 Å². The Kier molecular flexibility index (Phi) is 3.55. The van der Waals surface area contributed by atoms with Crippen LogP contribution in [0.5, 0.6) is 0 Å². The number of aryl methyl sites for hydroxylation is 1. The van der Waals surface area contributed by atoms with E-state index in [0.717, 1.165) is 27.1 Å². The smallest absolute Gasteiger partial charge is 0.224 e. The van der Waals surface area contributed by atoms with Gasteiger partial charge in [0.2, 0.25) is 5.91 Å². The predicted molar refractivity (Wildman–Crippen MR) is 94.9 cm³/mol. The number of para-hydroxylation sites is 1. The lowest BCUT2D eigenvalue weighted by atomic mass is 10.2. The van der Waals surface area contributed by atoms with Gasteiger partial charge in [-0.1, -0.05) is 18.2 Å². The highest BCUT2D eigenvalue weighted by atomic mass is 32.1. The number of rotatable bonds is 4. The van der Waals surface area contributed by atoms with Gasteiger partial charge in [-0.05, 0) is 30.3 Å². The number of aromatic nitrogens is 2. The number of benzene rings is 2. The maximum absolute atomic E-state index is 12.2. The number of carbonyl (C=O) groups excluding carboxylic acids is 1. The van der Waals surface area contributed by atoms with Crippen LogP contribution in [0.1, 0.15) is 11.4 Å². The van der Waals surface area contributed by atoms with Crippen molar-refractivity contribution in [2.75, 3.05) is 5.32 Å². The van der Waals surface area contributed by atoms with Crippen molar-refractivity contribution in [2.24, 2.45) is 0 Å². The van der Waals surface area contributed by atoms with Crippen molar-refractivity contribution in [3.05, 3.63) is 59.7 Å². The Hall–Kier alpha value is -2.66. The SMILES string of the molecule is O=C(CCc1nc2ccccc2s1)Nc1cccc2[nH]ccc12. The number of hydrogen-bond donors (Lipinski definition) is 2. The zero-order valence-corrected chi connectivity index (χ0v) is 13.2. The van der Waals surface area contributed by atoms with Gasteiger partial charge in [0.05, 0.1) is 20.9 Å². The van der Waals surface area contributed by atoms with E-state index in [2.05, 4.69) is 21.4 Å². The number of aromatic amines is 1. The lowest BCUT2D eigenvalue weighted by Gasteiger charge is -2.05. The molecule has 2 N–H and O–H groups in total. The monoisotopic (exact) mass is 321 g/mol. The van der Waals surface area contributed by atoms with E-state index in [1.165, 1.54) is 4.70 Å². The van der Waals surface area contributed by atoms with Gasteiger partial charge in [-0.15, -0.1) is 11.3 Å². The fourth-order valence-electron chi connectivity index (χ4n) is 2.65. The first-order valence-corrected chi connectivity index (χ1v) is 8.32. The lowest BCUT2D eigenvalue weighted by Crippen LogP contribution is -2.12. The summed E-state index contributed by atoms with van der Waals surface area (Å²) in [5.41, 5.74) is 2.87. The summed E-state index contributed by atoms with van der Waals surface area (Å²) in [5.74, 6) is 0.0120. The van der Waals surface area contributed by atoms with Crippen LogP contribution in [-0.2, 0) is 11.2 Å². The van der Waals surface area contributed by atoms with Crippen LogP contribution in [0.2, 0.25) is 0 Å². The van der Waals surface area contributed by atoms with E-state index in [1.807, 2.05) is 48.7 Å². The van der Waals surface area contributed by atoms with E-state index >= 15 is 0 Å². The highest BCUT2D eigenvalue weighted by Gasteiger charge is 2.09.